The Morgan fingerprint density at radius 2 is 1.74 bits per heavy atom. The number of rotatable bonds is 4. The molecule has 3 rings (SSSR count). The maximum Gasteiger partial charge on any atom is 0.134 e. The number of aromatic nitrogens is 3. The summed E-state index contributed by atoms with van der Waals surface area (Å²) in [5.41, 5.74) is 1.72. The van der Waals surface area contributed by atoms with E-state index in [0.29, 0.717) is 5.41 Å². The summed E-state index contributed by atoms with van der Waals surface area (Å²) in [7, 11) is 0. The fourth-order valence-corrected chi connectivity index (χ4v) is 3.34. The predicted octanol–water partition coefficient (Wildman–Crippen LogP) is 2.97. The van der Waals surface area contributed by atoms with Gasteiger partial charge < -0.3 is 9.47 Å². The van der Waals surface area contributed by atoms with Crippen LogP contribution in [0.15, 0.2) is 30.3 Å². The number of hydrogen-bond donors (Lipinski definition) is 0. The summed E-state index contributed by atoms with van der Waals surface area (Å²) in [6.07, 6.45) is 3.01. The average Bonchev–Trinajstić information content (AvgIpc) is 2.79. The molecule has 0 saturated heterocycles. The van der Waals surface area contributed by atoms with Gasteiger partial charge in [0.15, 0.2) is 0 Å². The van der Waals surface area contributed by atoms with Gasteiger partial charge in [-0.05, 0) is 17.4 Å². The highest BCUT2D eigenvalue weighted by Crippen LogP contribution is 2.18. The molecule has 0 atom stereocenters. The van der Waals surface area contributed by atoms with Gasteiger partial charge in [-0.15, -0.1) is 10.2 Å². The topological polar surface area (TPSA) is 34.0 Å². The van der Waals surface area contributed by atoms with E-state index < -0.39 is 0 Å². The van der Waals surface area contributed by atoms with Crippen LogP contribution >= 0.6 is 0 Å². The molecule has 124 valence electrons. The molecular weight excluding hydrogens is 284 g/mol. The summed E-state index contributed by atoms with van der Waals surface area (Å²) < 4.78 is 2.35. The third-order valence-corrected chi connectivity index (χ3v) is 4.37. The van der Waals surface area contributed by atoms with Crippen molar-refractivity contribution in [2.24, 2.45) is 5.41 Å². The first-order valence-corrected chi connectivity index (χ1v) is 8.68. The van der Waals surface area contributed by atoms with Crippen molar-refractivity contribution in [3.8, 4) is 0 Å². The van der Waals surface area contributed by atoms with Gasteiger partial charge >= 0.3 is 0 Å². The molecule has 2 heterocycles. The highest BCUT2D eigenvalue weighted by Gasteiger charge is 2.21. The Morgan fingerprint density at radius 1 is 0.957 bits per heavy atom. The number of aryl methyl sites for hydroxylation is 2. The van der Waals surface area contributed by atoms with E-state index >= 15 is 0 Å². The van der Waals surface area contributed by atoms with Crippen molar-refractivity contribution in [1.29, 1.82) is 0 Å². The average molecular weight is 312 g/mol. The molecular formula is C19H28N4. The van der Waals surface area contributed by atoms with Gasteiger partial charge in [0.1, 0.15) is 11.6 Å². The molecule has 0 N–H and O–H groups in total. The number of benzene rings is 1. The molecule has 0 unspecified atom stereocenters. The zero-order valence-electron chi connectivity index (χ0n) is 14.6. The Balaban J connectivity index is 1.63. The summed E-state index contributed by atoms with van der Waals surface area (Å²) in [5, 5.41) is 8.89. The molecule has 0 aliphatic carbocycles. The maximum atomic E-state index is 4.45. The van der Waals surface area contributed by atoms with Crippen molar-refractivity contribution < 1.29 is 0 Å². The fraction of sp³-hybridized carbons (Fsp3) is 0.579. The van der Waals surface area contributed by atoms with Crippen molar-refractivity contribution in [1.82, 2.24) is 19.7 Å². The van der Waals surface area contributed by atoms with Gasteiger partial charge in [-0.1, -0.05) is 51.1 Å². The van der Waals surface area contributed by atoms with Crippen LogP contribution in [-0.2, 0) is 25.8 Å². The Kier molecular flexibility index (Phi) is 4.81. The van der Waals surface area contributed by atoms with E-state index in [2.05, 4.69) is 70.8 Å². The molecule has 1 aromatic heterocycles. The minimum Gasteiger partial charge on any atom is -0.314 e. The minimum absolute atomic E-state index is 0.348. The molecule has 4 heteroatoms. The zero-order chi connectivity index (χ0) is 16.3. The number of fused-ring (bicyclic) bond motifs is 1. The van der Waals surface area contributed by atoms with E-state index in [1.165, 1.54) is 5.56 Å². The lowest BCUT2D eigenvalue weighted by Crippen LogP contribution is -2.35. The lowest BCUT2D eigenvalue weighted by atomic mass is 9.96. The van der Waals surface area contributed by atoms with E-state index in [9.17, 15) is 0 Å². The first-order chi connectivity index (χ1) is 11.0. The molecule has 1 aliphatic rings. The van der Waals surface area contributed by atoms with Crippen LogP contribution in [-0.4, -0.2) is 39.3 Å². The second-order valence-electron chi connectivity index (χ2n) is 7.76. The number of hydrogen-bond acceptors (Lipinski definition) is 3. The third kappa shape index (κ3) is 4.41. The monoisotopic (exact) mass is 312 g/mol. The van der Waals surface area contributed by atoms with Crippen molar-refractivity contribution >= 4 is 0 Å². The summed E-state index contributed by atoms with van der Waals surface area (Å²) in [5.74, 6) is 2.30. The Labute approximate surface area is 139 Å². The normalized spacial score (nSPS) is 16.1. The SMILES string of the molecule is CC(C)(C)CN1CCc2nnc(CCc3ccccc3)n2CC1. The maximum absolute atomic E-state index is 4.45. The highest BCUT2D eigenvalue weighted by atomic mass is 15.3. The third-order valence-electron chi connectivity index (χ3n) is 4.37. The molecule has 1 aliphatic heterocycles. The van der Waals surface area contributed by atoms with Gasteiger partial charge in [0.05, 0.1) is 0 Å². The van der Waals surface area contributed by atoms with Crippen LogP contribution < -0.4 is 0 Å². The van der Waals surface area contributed by atoms with E-state index in [4.69, 9.17) is 0 Å². The van der Waals surface area contributed by atoms with Crippen molar-refractivity contribution in [2.45, 2.75) is 46.6 Å². The van der Waals surface area contributed by atoms with Gasteiger partial charge in [-0.2, -0.15) is 0 Å². The Bertz CT molecular complexity index is 625. The van der Waals surface area contributed by atoms with Crippen LogP contribution in [0.2, 0.25) is 0 Å². The van der Waals surface area contributed by atoms with Gasteiger partial charge in [0.25, 0.3) is 0 Å². The molecule has 0 fully saturated rings. The van der Waals surface area contributed by atoms with Crippen LogP contribution in [0.25, 0.3) is 0 Å². The lowest BCUT2D eigenvalue weighted by molar-refractivity contribution is 0.194. The molecule has 4 nitrogen and oxygen atoms in total. The molecule has 1 aromatic carbocycles. The molecule has 0 bridgehead atoms. The standard InChI is InChI=1S/C19H28N4/c1-19(2,3)15-22-12-11-18-21-20-17(23(18)14-13-22)10-9-16-7-5-4-6-8-16/h4-8H,9-15H2,1-3H3. The van der Waals surface area contributed by atoms with E-state index in [1.807, 2.05) is 0 Å². The summed E-state index contributed by atoms with van der Waals surface area (Å²) in [6, 6.07) is 10.6. The van der Waals surface area contributed by atoms with E-state index in [-0.39, 0.29) is 0 Å². The number of nitrogens with zero attached hydrogens (tertiary/aromatic N) is 4. The molecule has 23 heavy (non-hydrogen) atoms. The Hall–Kier alpha value is -1.68. The van der Waals surface area contributed by atoms with Crippen LogP contribution in [0.1, 0.15) is 38.0 Å². The highest BCUT2D eigenvalue weighted by molar-refractivity contribution is 5.15. The summed E-state index contributed by atoms with van der Waals surface area (Å²) in [6.45, 7) is 11.3. The Morgan fingerprint density at radius 3 is 2.48 bits per heavy atom. The smallest absolute Gasteiger partial charge is 0.134 e. The van der Waals surface area contributed by atoms with E-state index in [1.54, 1.807) is 0 Å². The predicted molar refractivity (Wildman–Crippen MR) is 93.5 cm³/mol. The van der Waals surface area contributed by atoms with Gasteiger partial charge in [-0.3, -0.25) is 0 Å². The van der Waals surface area contributed by atoms with Crippen molar-refractivity contribution in [3.05, 3.63) is 47.5 Å². The van der Waals surface area contributed by atoms with Crippen LogP contribution in [0.4, 0.5) is 0 Å². The van der Waals surface area contributed by atoms with Crippen molar-refractivity contribution in [3.63, 3.8) is 0 Å². The summed E-state index contributed by atoms with van der Waals surface area (Å²) >= 11 is 0. The van der Waals surface area contributed by atoms with Crippen LogP contribution in [0.3, 0.4) is 0 Å². The molecule has 0 amide bonds. The zero-order valence-corrected chi connectivity index (χ0v) is 14.6. The quantitative estimate of drug-likeness (QED) is 0.870. The molecule has 0 radical (unpaired) electrons. The van der Waals surface area contributed by atoms with E-state index in [0.717, 1.165) is 57.1 Å². The van der Waals surface area contributed by atoms with Crippen molar-refractivity contribution in [2.75, 3.05) is 19.6 Å². The van der Waals surface area contributed by atoms with Gasteiger partial charge in [-0.25, -0.2) is 0 Å². The van der Waals surface area contributed by atoms with Gasteiger partial charge in [0, 0.05) is 39.0 Å². The fourth-order valence-electron chi connectivity index (χ4n) is 3.34. The second kappa shape index (κ2) is 6.83. The molecule has 2 aromatic rings. The lowest BCUT2D eigenvalue weighted by Gasteiger charge is -2.28. The molecule has 0 spiro atoms. The van der Waals surface area contributed by atoms with Gasteiger partial charge in [0.2, 0.25) is 0 Å². The largest absolute Gasteiger partial charge is 0.314 e. The summed E-state index contributed by atoms with van der Waals surface area (Å²) in [4.78, 5) is 2.57. The second-order valence-corrected chi connectivity index (χ2v) is 7.76. The van der Waals surface area contributed by atoms with Crippen LogP contribution in [0, 0.1) is 5.41 Å². The minimum atomic E-state index is 0.348. The first-order valence-electron chi connectivity index (χ1n) is 8.68. The molecule has 0 saturated carbocycles. The van der Waals surface area contributed by atoms with Crippen LogP contribution in [0.5, 0.6) is 0 Å². The first kappa shape index (κ1) is 16.2.